The molecule has 2 heterocycles. The summed E-state index contributed by atoms with van der Waals surface area (Å²) in [6, 6.07) is 0. The number of nitrogens with zero attached hydrogens (tertiary/aromatic N) is 1. The lowest BCUT2D eigenvalue weighted by Crippen LogP contribution is -2.34. The van der Waals surface area contributed by atoms with Crippen molar-refractivity contribution in [2.45, 2.75) is 36.9 Å². The van der Waals surface area contributed by atoms with E-state index in [0.29, 0.717) is 17.7 Å². The molecule has 27 heavy (non-hydrogen) atoms. The highest BCUT2D eigenvalue weighted by molar-refractivity contribution is 7.72. The van der Waals surface area contributed by atoms with Crippen molar-refractivity contribution in [3.8, 4) is 0 Å². The number of hydrogen-bond donors (Lipinski definition) is 6. The number of aliphatic hydroxyl groups is 2. The molecule has 1 saturated heterocycles. The molecule has 0 saturated carbocycles. The molecule has 16 heteroatoms. The van der Waals surface area contributed by atoms with E-state index in [4.69, 9.17) is 14.5 Å². The van der Waals surface area contributed by atoms with Crippen molar-refractivity contribution in [1.82, 2.24) is 9.55 Å². The first-order valence-corrected chi connectivity index (χ1v) is 10.5. The number of nitrogens with one attached hydrogen (secondary N) is 1. The van der Waals surface area contributed by atoms with Crippen molar-refractivity contribution in [2.75, 3.05) is 6.61 Å². The number of ether oxygens (including phenoxy) is 1. The number of rotatable bonds is 6. The Morgan fingerprint density at radius 3 is 2.56 bits per heavy atom. The van der Waals surface area contributed by atoms with Gasteiger partial charge in [0.1, 0.15) is 12.3 Å². The zero-order chi connectivity index (χ0) is 20.8. The third kappa shape index (κ3) is 4.29. The molecule has 0 aromatic carbocycles. The minimum absolute atomic E-state index is 0.288. The van der Waals surface area contributed by atoms with E-state index < -0.39 is 62.4 Å². The van der Waals surface area contributed by atoms with Gasteiger partial charge in [0.05, 0.1) is 18.9 Å². The Balaban J connectivity index is 2.13. The average Bonchev–Trinajstić information content (AvgIpc) is 2.88. The summed E-state index contributed by atoms with van der Waals surface area (Å²) in [7, 11) is -10.7. The molecule has 1 aromatic rings. The van der Waals surface area contributed by atoms with Gasteiger partial charge in [0.25, 0.3) is 10.6 Å². The number of aromatic nitrogens is 2. The van der Waals surface area contributed by atoms with Gasteiger partial charge in [-0.05, 0) is 6.92 Å². The van der Waals surface area contributed by atoms with Gasteiger partial charge in [-0.1, -0.05) is 0 Å². The lowest BCUT2D eigenvalue weighted by molar-refractivity contribution is -0.0448. The van der Waals surface area contributed by atoms with E-state index in [-0.39, 0.29) is 6.42 Å². The molecule has 0 aliphatic carbocycles. The van der Waals surface area contributed by atoms with Crippen LogP contribution in [0.2, 0.25) is 0 Å². The van der Waals surface area contributed by atoms with Crippen molar-refractivity contribution in [3.05, 3.63) is 32.9 Å². The Kier molecular flexibility index (Phi) is 5.98. The summed E-state index contributed by atoms with van der Waals surface area (Å²) >= 11 is 0. The van der Waals surface area contributed by atoms with E-state index in [0.717, 1.165) is 0 Å². The monoisotopic (exact) mass is 434 g/mol. The van der Waals surface area contributed by atoms with E-state index in [2.05, 4.69) is 4.52 Å². The van der Waals surface area contributed by atoms with Gasteiger partial charge in [0, 0.05) is 6.42 Å². The Morgan fingerprint density at radius 2 is 2.00 bits per heavy atom. The normalized spacial score (nSPS) is 27.9. The highest BCUT2D eigenvalue weighted by Gasteiger charge is 2.57. The number of hydrogen-bond acceptors (Lipinski definition) is 8. The van der Waals surface area contributed by atoms with Crippen LogP contribution in [0.3, 0.4) is 0 Å². The van der Waals surface area contributed by atoms with Gasteiger partial charge in [0.15, 0.2) is 0 Å². The highest BCUT2D eigenvalue weighted by atomic mass is 31.2. The summed E-state index contributed by atoms with van der Waals surface area (Å²) in [5, 5.41) is 16.1. The summed E-state index contributed by atoms with van der Waals surface area (Å²) in [6.07, 6.45) is -3.73. The topological polar surface area (TPSA) is 209 Å². The molecule has 6 N–H and O–H groups in total. The van der Waals surface area contributed by atoms with Crippen LogP contribution in [-0.4, -0.2) is 58.3 Å². The molecule has 1 aromatic heterocycles. The van der Waals surface area contributed by atoms with E-state index in [1.54, 1.807) is 4.98 Å². The molecule has 2 rings (SSSR count). The number of halogens is 1. The van der Waals surface area contributed by atoms with E-state index in [1.165, 1.54) is 0 Å². The SMILES string of the molecule is CC(O)(P(=O)(O)O)P(=O)(O)OC[C@H]1O[C@@H](n2cc(F)c(=O)[nH]c2=O)C[C@@H]1O. The first kappa shape index (κ1) is 22.1. The molecule has 154 valence electrons. The van der Waals surface area contributed by atoms with Gasteiger partial charge in [0.2, 0.25) is 5.82 Å². The summed E-state index contributed by atoms with van der Waals surface area (Å²) in [6.45, 7) is -0.478. The van der Waals surface area contributed by atoms with Crippen molar-refractivity contribution in [2.24, 2.45) is 0 Å². The van der Waals surface area contributed by atoms with Crippen LogP contribution in [0.25, 0.3) is 0 Å². The lowest BCUT2D eigenvalue weighted by Gasteiger charge is -2.29. The molecular weight excluding hydrogens is 417 g/mol. The van der Waals surface area contributed by atoms with Crippen molar-refractivity contribution >= 4 is 15.2 Å². The molecule has 1 fully saturated rings. The first-order valence-electron chi connectivity index (χ1n) is 7.27. The second kappa shape index (κ2) is 7.32. The van der Waals surface area contributed by atoms with Crippen LogP contribution >= 0.6 is 15.2 Å². The van der Waals surface area contributed by atoms with Crippen LogP contribution in [0.15, 0.2) is 15.8 Å². The van der Waals surface area contributed by atoms with E-state index in [1.807, 2.05) is 0 Å². The maximum atomic E-state index is 13.3. The fourth-order valence-electron chi connectivity index (χ4n) is 2.17. The average molecular weight is 434 g/mol. The summed E-state index contributed by atoms with van der Waals surface area (Å²) < 4.78 is 46.8. The maximum absolute atomic E-state index is 13.3. The fraction of sp³-hybridized carbons (Fsp3) is 0.636. The molecule has 2 unspecified atom stereocenters. The number of H-pyrrole nitrogens is 1. The standard InChI is InChI=1S/C11H17FN2O11P2/c1-11(18,26(19,20)21)27(22,23)24-4-7-6(15)2-8(25-7)14-3-5(12)9(16)13-10(14)17/h3,6-8,15,18H,2,4H2,1H3,(H,22,23)(H,13,16,17)(H2,19,20,21)/t6-,7+,8+,11?/m0/s1. The Bertz CT molecular complexity index is 922. The molecule has 13 nitrogen and oxygen atoms in total. The number of aromatic amines is 1. The third-order valence-corrected chi connectivity index (χ3v) is 8.15. The summed E-state index contributed by atoms with van der Waals surface area (Å²) in [5.41, 5.74) is -2.28. The van der Waals surface area contributed by atoms with Crippen LogP contribution < -0.4 is 11.2 Å². The smallest absolute Gasteiger partial charge is 0.371 e. The molecule has 1 aliphatic rings. The minimum atomic E-state index is -5.45. The van der Waals surface area contributed by atoms with Crippen molar-refractivity contribution in [1.29, 1.82) is 0 Å². The van der Waals surface area contributed by atoms with Crippen LogP contribution in [0, 0.1) is 5.82 Å². The van der Waals surface area contributed by atoms with Crippen molar-refractivity contribution < 1.29 is 47.7 Å². The highest BCUT2D eigenvalue weighted by Crippen LogP contribution is 2.69. The number of aliphatic hydroxyl groups excluding tert-OH is 1. The molecule has 0 spiro atoms. The van der Waals surface area contributed by atoms with E-state index in [9.17, 15) is 38.2 Å². The molecular formula is C11H17FN2O11P2. The molecule has 0 radical (unpaired) electrons. The molecule has 0 bridgehead atoms. The quantitative estimate of drug-likeness (QED) is 0.280. The van der Waals surface area contributed by atoms with Crippen molar-refractivity contribution in [3.63, 3.8) is 0 Å². The zero-order valence-electron chi connectivity index (χ0n) is 13.6. The van der Waals surface area contributed by atoms with Crippen LogP contribution in [0.4, 0.5) is 4.39 Å². The van der Waals surface area contributed by atoms with Crippen LogP contribution in [0.5, 0.6) is 0 Å². The predicted molar refractivity (Wildman–Crippen MR) is 84.3 cm³/mol. The molecule has 5 atom stereocenters. The summed E-state index contributed by atoms with van der Waals surface area (Å²) in [4.78, 5) is 52.0. The molecule has 0 amide bonds. The van der Waals surface area contributed by atoms with Crippen LogP contribution in [-0.2, 0) is 18.4 Å². The largest absolute Gasteiger partial charge is 0.390 e. The van der Waals surface area contributed by atoms with Gasteiger partial charge < -0.3 is 34.2 Å². The van der Waals surface area contributed by atoms with E-state index >= 15 is 0 Å². The van der Waals surface area contributed by atoms with Gasteiger partial charge in [-0.15, -0.1) is 0 Å². The van der Waals surface area contributed by atoms with Gasteiger partial charge in [-0.25, -0.2) is 4.79 Å². The summed E-state index contributed by atoms with van der Waals surface area (Å²) in [5.74, 6) is -1.29. The first-order chi connectivity index (χ1) is 12.2. The molecule has 1 aliphatic heterocycles. The third-order valence-electron chi connectivity index (χ3n) is 3.94. The fourth-order valence-corrected chi connectivity index (χ4v) is 4.26. The Hall–Kier alpha value is -1.21. The zero-order valence-corrected chi connectivity index (χ0v) is 15.4. The lowest BCUT2D eigenvalue weighted by atomic mass is 10.2. The van der Waals surface area contributed by atoms with Gasteiger partial charge >= 0.3 is 20.9 Å². The second-order valence-corrected chi connectivity index (χ2v) is 10.4. The Labute approximate surface area is 149 Å². The Morgan fingerprint density at radius 1 is 1.41 bits per heavy atom. The van der Waals surface area contributed by atoms with Gasteiger partial charge in [-0.2, -0.15) is 4.39 Å². The second-order valence-electron chi connectivity index (χ2n) is 5.91. The van der Waals surface area contributed by atoms with Crippen LogP contribution in [0.1, 0.15) is 19.6 Å². The van der Waals surface area contributed by atoms with Gasteiger partial charge in [-0.3, -0.25) is 23.5 Å². The minimum Gasteiger partial charge on any atom is -0.390 e. The maximum Gasteiger partial charge on any atom is 0.371 e. The predicted octanol–water partition coefficient (Wildman–Crippen LogP) is -1.63.